The molecule has 166 valence electrons. The number of amides is 1. The highest BCUT2D eigenvalue weighted by Crippen LogP contribution is 2.34. The molecule has 2 aromatic carbocycles. The number of carbonyl (C=O) groups excluding carboxylic acids is 2. The number of nitrogens with one attached hydrogen (secondary N) is 1. The third-order valence-electron chi connectivity index (χ3n) is 3.97. The number of nitro groups is 1. The predicted octanol–water partition coefficient (Wildman–Crippen LogP) is 5.04. The fraction of sp³-hybridized carbons (Fsp3) is 0.150. The second-order valence-corrected chi connectivity index (χ2v) is 8.99. The average Bonchev–Trinajstić information content (AvgIpc) is 3.16. The highest BCUT2D eigenvalue weighted by atomic mass is 79.9. The maximum absolute atomic E-state index is 12.4. The molecule has 0 aliphatic heterocycles. The molecule has 32 heavy (non-hydrogen) atoms. The van der Waals surface area contributed by atoms with Gasteiger partial charge >= 0.3 is 5.97 Å². The summed E-state index contributed by atoms with van der Waals surface area (Å²) in [6, 6.07) is 9.43. The number of nitrogens with zero attached hydrogens (tertiary/aromatic N) is 2. The van der Waals surface area contributed by atoms with E-state index in [9.17, 15) is 19.7 Å². The van der Waals surface area contributed by atoms with Gasteiger partial charge in [-0.2, -0.15) is 5.10 Å². The molecule has 9 nitrogen and oxygen atoms in total. The monoisotopic (exact) mass is 583 g/mol. The second kappa shape index (κ2) is 10.7. The Bertz CT molecular complexity index is 1200. The smallest absolute Gasteiger partial charge is 0.344 e. The molecule has 0 aliphatic carbocycles. The standard InChI is InChI=1S/C20H15Br2N3O6S/c1-2-30-18(26)10-31-19-14(21)5-11(6-15(19)22)9-23-24-20(27)17-8-12-7-13(25(28)29)3-4-16(12)32-17/h3-9H,2,10H2,1H3,(H,24,27)/b23-9-. The number of nitro benzene ring substituents is 1. The van der Waals surface area contributed by atoms with Crippen LogP contribution in [0.15, 0.2) is 50.4 Å². The number of esters is 1. The van der Waals surface area contributed by atoms with Crippen molar-refractivity contribution < 1.29 is 24.0 Å². The summed E-state index contributed by atoms with van der Waals surface area (Å²) in [6.45, 7) is 1.75. The van der Waals surface area contributed by atoms with Crippen LogP contribution in [0, 0.1) is 10.1 Å². The van der Waals surface area contributed by atoms with Crippen molar-refractivity contribution >= 4 is 77.1 Å². The van der Waals surface area contributed by atoms with Crippen LogP contribution < -0.4 is 10.2 Å². The van der Waals surface area contributed by atoms with Crippen LogP contribution in [0.25, 0.3) is 10.1 Å². The van der Waals surface area contributed by atoms with Crippen LogP contribution in [-0.2, 0) is 9.53 Å². The zero-order valence-corrected chi connectivity index (χ0v) is 20.5. The molecule has 0 aliphatic rings. The Balaban J connectivity index is 1.66. The zero-order chi connectivity index (χ0) is 23.3. The molecule has 0 radical (unpaired) electrons. The maximum atomic E-state index is 12.4. The largest absolute Gasteiger partial charge is 0.480 e. The second-order valence-electron chi connectivity index (χ2n) is 6.20. The first-order valence-electron chi connectivity index (χ1n) is 9.07. The minimum Gasteiger partial charge on any atom is -0.480 e. The first-order chi connectivity index (χ1) is 15.3. The van der Waals surface area contributed by atoms with Gasteiger partial charge in [-0.1, -0.05) is 0 Å². The van der Waals surface area contributed by atoms with Gasteiger partial charge in [0.05, 0.1) is 31.6 Å². The van der Waals surface area contributed by atoms with Crippen molar-refractivity contribution in [2.24, 2.45) is 5.10 Å². The van der Waals surface area contributed by atoms with E-state index in [1.165, 1.54) is 29.7 Å². The Morgan fingerprint density at radius 2 is 1.94 bits per heavy atom. The van der Waals surface area contributed by atoms with Gasteiger partial charge in [0.2, 0.25) is 0 Å². The van der Waals surface area contributed by atoms with Gasteiger partial charge in [-0.25, -0.2) is 10.2 Å². The number of non-ortho nitro benzene ring substituents is 1. The van der Waals surface area contributed by atoms with Crippen molar-refractivity contribution in [3.8, 4) is 5.75 Å². The summed E-state index contributed by atoms with van der Waals surface area (Å²) in [5, 5.41) is 15.5. The molecule has 0 saturated carbocycles. The lowest BCUT2D eigenvalue weighted by Gasteiger charge is -2.10. The van der Waals surface area contributed by atoms with Crippen molar-refractivity contribution in [3.05, 3.63) is 65.9 Å². The van der Waals surface area contributed by atoms with Crippen molar-refractivity contribution in [3.63, 3.8) is 0 Å². The Labute approximate surface area is 202 Å². The summed E-state index contributed by atoms with van der Waals surface area (Å²) >= 11 is 7.97. The molecule has 1 amide bonds. The topological polar surface area (TPSA) is 120 Å². The van der Waals surface area contributed by atoms with Crippen LogP contribution in [0.1, 0.15) is 22.2 Å². The van der Waals surface area contributed by atoms with E-state index in [0.717, 1.165) is 4.70 Å². The molecule has 0 bridgehead atoms. The summed E-state index contributed by atoms with van der Waals surface area (Å²) in [6.07, 6.45) is 1.45. The number of halogens is 2. The van der Waals surface area contributed by atoms with Crippen molar-refractivity contribution in [1.29, 1.82) is 0 Å². The van der Waals surface area contributed by atoms with Gasteiger partial charge in [0.25, 0.3) is 11.6 Å². The summed E-state index contributed by atoms with van der Waals surface area (Å²) in [5.41, 5.74) is 3.05. The predicted molar refractivity (Wildman–Crippen MR) is 128 cm³/mol. The van der Waals surface area contributed by atoms with Gasteiger partial charge in [0, 0.05) is 22.2 Å². The lowest BCUT2D eigenvalue weighted by Crippen LogP contribution is -2.16. The van der Waals surface area contributed by atoms with E-state index in [0.29, 0.717) is 30.5 Å². The maximum Gasteiger partial charge on any atom is 0.344 e. The van der Waals surface area contributed by atoms with Crippen LogP contribution >= 0.6 is 43.2 Å². The SMILES string of the molecule is CCOC(=O)COc1c(Br)cc(/C=N\NC(=O)c2cc3cc([N+](=O)[O-])ccc3s2)cc1Br. The molecule has 12 heteroatoms. The number of rotatable bonds is 8. The Hall–Kier alpha value is -2.83. The lowest BCUT2D eigenvalue weighted by molar-refractivity contribution is -0.384. The summed E-state index contributed by atoms with van der Waals surface area (Å²) in [5.74, 6) is -0.480. The van der Waals surface area contributed by atoms with E-state index >= 15 is 0 Å². The summed E-state index contributed by atoms with van der Waals surface area (Å²) in [4.78, 5) is 34.6. The molecule has 1 heterocycles. The fourth-order valence-corrected chi connectivity index (χ4v) is 4.99. The van der Waals surface area contributed by atoms with E-state index < -0.39 is 16.8 Å². The minimum absolute atomic E-state index is 0.0360. The molecule has 3 rings (SSSR count). The third-order valence-corrected chi connectivity index (χ3v) is 6.27. The molecular weight excluding hydrogens is 570 g/mol. The number of hydrogen-bond acceptors (Lipinski definition) is 8. The number of benzene rings is 2. The first-order valence-corrected chi connectivity index (χ1v) is 11.5. The van der Waals surface area contributed by atoms with E-state index in [1.807, 2.05) is 0 Å². The number of fused-ring (bicyclic) bond motifs is 1. The van der Waals surface area contributed by atoms with Crippen molar-refractivity contribution in [2.45, 2.75) is 6.92 Å². The molecule has 1 aromatic heterocycles. The molecule has 0 saturated heterocycles. The zero-order valence-electron chi connectivity index (χ0n) is 16.5. The number of hydrogen-bond donors (Lipinski definition) is 1. The van der Waals surface area contributed by atoms with E-state index in [4.69, 9.17) is 9.47 Å². The molecule has 3 aromatic rings. The van der Waals surface area contributed by atoms with Crippen LogP contribution in [0.5, 0.6) is 5.75 Å². The number of hydrazone groups is 1. The van der Waals surface area contributed by atoms with Gasteiger partial charge in [-0.3, -0.25) is 14.9 Å². The first kappa shape index (κ1) is 23.8. The van der Waals surface area contributed by atoms with Crippen LogP contribution in [0.3, 0.4) is 0 Å². The highest BCUT2D eigenvalue weighted by Gasteiger charge is 2.14. The van der Waals surface area contributed by atoms with Crippen LogP contribution in [-0.4, -0.2) is 36.2 Å². The molecule has 0 atom stereocenters. The van der Waals surface area contributed by atoms with Gasteiger partial charge < -0.3 is 9.47 Å². The molecule has 0 unspecified atom stereocenters. The van der Waals surface area contributed by atoms with E-state index in [1.54, 1.807) is 31.2 Å². The number of ether oxygens (including phenoxy) is 2. The quantitative estimate of drug-likeness (QED) is 0.171. The van der Waals surface area contributed by atoms with Crippen molar-refractivity contribution in [2.75, 3.05) is 13.2 Å². The minimum atomic E-state index is -0.482. The van der Waals surface area contributed by atoms with Gasteiger partial charge in [0.1, 0.15) is 5.75 Å². The van der Waals surface area contributed by atoms with Crippen molar-refractivity contribution in [1.82, 2.24) is 5.43 Å². The van der Waals surface area contributed by atoms with Gasteiger partial charge in [-0.15, -0.1) is 11.3 Å². The van der Waals surface area contributed by atoms with Crippen LogP contribution in [0.2, 0.25) is 0 Å². The normalized spacial score (nSPS) is 11.0. The van der Waals surface area contributed by atoms with Gasteiger partial charge in [-0.05, 0) is 68.6 Å². The van der Waals surface area contributed by atoms with E-state index in [2.05, 4.69) is 42.4 Å². The summed E-state index contributed by atoms with van der Waals surface area (Å²) in [7, 11) is 0. The molecule has 0 fully saturated rings. The number of carbonyl (C=O) groups is 2. The summed E-state index contributed by atoms with van der Waals surface area (Å²) < 4.78 is 12.2. The average molecular weight is 585 g/mol. The van der Waals surface area contributed by atoms with Gasteiger partial charge in [0.15, 0.2) is 6.61 Å². The van der Waals surface area contributed by atoms with Crippen LogP contribution in [0.4, 0.5) is 5.69 Å². The number of thiophene rings is 1. The fourth-order valence-electron chi connectivity index (χ4n) is 2.60. The Kier molecular flexibility index (Phi) is 7.94. The third kappa shape index (κ3) is 5.90. The highest BCUT2D eigenvalue weighted by molar-refractivity contribution is 9.11. The molecular formula is C20H15Br2N3O6S. The Morgan fingerprint density at radius 1 is 1.22 bits per heavy atom. The molecule has 1 N–H and O–H groups in total. The molecule has 0 spiro atoms. The van der Waals surface area contributed by atoms with E-state index in [-0.39, 0.29) is 18.9 Å². The Morgan fingerprint density at radius 3 is 2.59 bits per heavy atom. The lowest BCUT2D eigenvalue weighted by atomic mass is 10.2.